The van der Waals surface area contributed by atoms with Gasteiger partial charge >= 0.3 is 6.03 Å². The highest BCUT2D eigenvalue weighted by Gasteiger charge is 2.17. The number of halogens is 1. The zero-order chi connectivity index (χ0) is 14.8. The SMILES string of the molecule is Cc1cccc[n+]1C(=O)Nc1cccc2cc(O)ccc12.[Cl-]. The largest absolute Gasteiger partial charge is 1.00 e. The molecule has 0 atom stereocenters. The molecule has 3 aromatic rings. The van der Waals surface area contributed by atoms with Crippen molar-refractivity contribution < 1.29 is 26.9 Å². The Bertz CT molecular complexity index is 834. The minimum atomic E-state index is -0.214. The molecule has 0 aliphatic rings. The van der Waals surface area contributed by atoms with E-state index in [0.717, 1.165) is 16.5 Å². The van der Waals surface area contributed by atoms with Gasteiger partial charge in [-0.05, 0) is 48.7 Å². The monoisotopic (exact) mass is 314 g/mol. The fraction of sp³-hybridized carbons (Fsp3) is 0.0588. The van der Waals surface area contributed by atoms with Crippen molar-refractivity contribution >= 4 is 22.5 Å². The number of fused-ring (bicyclic) bond motifs is 1. The molecule has 0 bridgehead atoms. The molecule has 0 saturated carbocycles. The van der Waals surface area contributed by atoms with Gasteiger partial charge in [-0.25, -0.2) is 5.32 Å². The van der Waals surface area contributed by atoms with Crippen molar-refractivity contribution in [1.29, 1.82) is 0 Å². The molecule has 2 N–H and O–H groups in total. The lowest BCUT2D eigenvalue weighted by Gasteiger charge is -2.05. The molecule has 22 heavy (non-hydrogen) atoms. The molecular weight excluding hydrogens is 300 g/mol. The third-order valence-corrected chi connectivity index (χ3v) is 3.39. The summed E-state index contributed by atoms with van der Waals surface area (Å²) in [6, 6.07) is 16.0. The number of amides is 1. The van der Waals surface area contributed by atoms with Crippen LogP contribution in [0.5, 0.6) is 5.75 Å². The fourth-order valence-corrected chi connectivity index (χ4v) is 2.31. The van der Waals surface area contributed by atoms with Crippen molar-refractivity contribution in [3.63, 3.8) is 0 Å². The predicted molar refractivity (Wildman–Crippen MR) is 81.4 cm³/mol. The van der Waals surface area contributed by atoms with Crippen molar-refractivity contribution in [2.45, 2.75) is 6.92 Å². The van der Waals surface area contributed by atoms with E-state index in [1.807, 2.05) is 43.3 Å². The second kappa shape index (κ2) is 6.45. The number of anilines is 1. The molecule has 0 aliphatic carbocycles. The maximum absolute atomic E-state index is 12.3. The van der Waals surface area contributed by atoms with Crippen molar-refractivity contribution in [2.75, 3.05) is 5.32 Å². The van der Waals surface area contributed by atoms with Gasteiger partial charge in [-0.2, -0.15) is 9.36 Å². The van der Waals surface area contributed by atoms with Crippen LogP contribution in [-0.2, 0) is 0 Å². The molecule has 1 aromatic heterocycles. The first-order valence-corrected chi connectivity index (χ1v) is 6.65. The minimum Gasteiger partial charge on any atom is -1.00 e. The summed E-state index contributed by atoms with van der Waals surface area (Å²) in [7, 11) is 0. The first kappa shape index (κ1) is 15.8. The summed E-state index contributed by atoms with van der Waals surface area (Å²) in [4.78, 5) is 12.3. The van der Waals surface area contributed by atoms with Crippen LogP contribution < -0.4 is 22.3 Å². The molecule has 0 fully saturated rings. The first-order valence-electron chi connectivity index (χ1n) is 6.65. The van der Waals surface area contributed by atoms with Crippen LogP contribution in [-0.4, -0.2) is 11.1 Å². The Labute approximate surface area is 134 Å². The summed E-state index contributed by atoms with van der Waals surface area (Å²) in [5, 5.41) is 14.2. The van der Waals surface area contributed by atoms with Crippen molar-refractivity contribution in [3.05, 3.63) is 66.5 Å². The first-order chi connectivity index (χ1) is 10.1. The lowest BCUT2D eigenvalue weighted by atomic mass is 10.1. The summed E-state index contributed by atoms with van der Waals surface area (Å²) in [5.74, 6) is 0.208. The number of benzene rings is 2. The zero-order valence-electron chi connectivity index (χ0n) is 12.0. The molecule has 1 amide bonds. The molecular formula is C17H15ClN2O2. The summed E-state index contributed by atoms with van der Waals surface area (Å²) in [6.45, 7) is 1.88. The number of carbonyl (C=O) groups is 1. The van der Waals surface area contributed by atoms with Gasteiger partial charge in [-0.1, -0.05) is 18.2 Å². The highest BCUT2D eigenvalue weighted by Crippen LogP contribution is 2.26. The number of nitrogens with one attached hydrogen (secondary N) is 1. The van der Waals surface area contributed by atoms with Crippen LogP contribution in [0, 0.1) is 6.92 Å². The Morgan fingerprint density at radius 1 is 1.09 bits per heavy atom. The number of carbonyl (C=O) groups excluding carboxylic acids is 1. The topological polar surface area (TPSA) is 53.2 Å². The average molecular weight is 315 g/mol. The predicted octanol–water partition coefficient (Wildman–Crippen LogP) is 0.226. The Kier molecular flexibility index (Phi) is 4.63. The molecule has 0 radical (unpaired) electrons. The molecule has 112 valence electrons. The van der Waals surface area contributed by atoms with Gasteiger partial charge in [-0.15, -0.1) is 0 Å². The van der Waals surface area contributed by atoms with E-state index in [1.54, 1.807) is 29.0 Å². The molecule has 2 aromatic carbocycles. The number of rotatable bonds is 1. The molecule has 1 heterocycles. The van der Waals surface area contributed by atoms with Gasteiger partial charge in [-0.3, -0.25) is 0 Å². The van der Waals surface area contributed by atoms with E-state index in [0.29, 0.717) is 5.69 Å². The van der Waals surface area contributed by atoms with Crippen LogP contribution in [0.4, 0.5) is 10.5 Å². The Balaban J connectivity index is 0.00000176. The third-order valence-electron chi connectivity index (χ3n) is 3.39. The fourth-order valence-electron chi connectivity index (χ4n) is 2.31. The average Bonchev–Trinajstić information content (AvgIpc) is 2.47. The summed E-state index contributed by atoms with van der Waals surface area (Å²) >= 11 is 0. The third kappa shape index (κ3) is 3.02. The van der Waals surface area contributed by atoms with Gasteiger partial charge in [0.05, 0.1) is 6.20 Å². The summed E-state index contributed by atoms with van der Waals surface area (Å²) < 4.78 is 1.55. The van der Waals surface area contributed by atoms with Crippen LogP contribution in [0.2, 0.25) is 0 Å². The van der Waals surface area contributed by atoms with Crippen molar-refractivity contribution in [3.8, 4) is 5.75 Å². The Morgan fingerprint density at radius 2 is 1.91 bits per heavy atom. The number of aromatic nitrogens is 1. The van der Waals surface area contributed by atoms with Gasteiger partial charge in [0.1, 0.15) is 17.1 Å². The molecule has 0 aliphatic heterocycles. The normalized spacial score (nSPS) is 10.0. The second-order valence-corrected chi connectivity index (χ2v) is 4.85. The quantitative estimate of drug-likeness (QED) is 0.632. The van der Waals surface area contributed by atoms with Crippen molar-refractivity contribution in [1.82, 2.24) is 0 Å². The van der Waals surface area contributed by atoms with E-state index in [9.17, 15) is 9.90 Å². The van der Waals surface area contributed by atoms with Crippen LogP contribution in [0.1, 0.15) is 5.69 Å². The molecule has 5 heteroatoms. The van der Waals surface area contributed by atoms with E-state index in [4.69, 9.17) is 0 Å². The number of aromatic hydroxyl groups is 1. The zero-order valence-corrected chi connectivity index (χ0v) is 12.7. The van der Waals surface area contributed by atoms with Gasteiger partial charge < -0.3 is 17.5 Å². The van der Waals surface area contributed by atoms with E-state index < -0.39 is 0 Å². The maximum Gasteiger partial charge on any atom is 0.501 e. The summed E-state index contributed by atoms with van der Waals surface area (Å²) in [6.07, 6.45) is 1.72. The highest BCUT2D eigenvalue weighted by molar-refractivity contribution is 6.00. The van der Waals surface area contributed by atoms with Crippen LogP contribution in [0.3, 0.4) is 0 Å². The lowest BCUT2D eigenvalue weighted by Crippen LogP contribution is -3.00. The van der Waals surface area contributed by atoms with E-state index in [1.165, 1.54) is 0 Å². The molecule has 0 saturated heterocycles. The number of hydrogen-bond acceptors (Lipinski definition) is 2. The second-order valence-electron chi connectivity index (χ2n) is 4.85. The molecule has 3 rings (SSSR count). The van der Waals surface area contributed by atoms with E-state index >= 15 is 0 Å². The van der Waals surface area contributed by atoms with Gasteiger partial charge in [0.25, 0.3) is 0 Å². The van der Waals surface area contributed by atoms with Crippen LogP contribution >= 0.6 is 0 Å². The van der Waals surface area contributed by atoms with Gasteiger partial charge in [0.2, 0.25) is 0 Å². The number of aryl methyl sites for hydroxylation is 1. The smallest absolute Gasteiger partial charge is 0.501 e. The Hall–Kier alpha value is -2.59. The molecule has 0 spiro atoms. The standard InChI is InChI=1S/C17H14N2O2.ClH/c1-12-5-2-3-10-19(12)17(21)18-16-7-4-6-13-11-14(20)8-9-15(13)16;/h2-11H,1H3,(H-,18,20,21);1H. The number of phenols is 1. The number of pyridine rings is 1. The van der Waals surface area contributed by atoms with E-state index in [2.05, 4.69) is 5.32 Å². The number of hydrogen-bond donors (Lipinski definition) is 2. The highest BCUT2D eigenvalue weighted by atomic mass is 35.5. The van der Waals surface area contributed by atoms with Crippen LogP contribution in [0.25, 0.3) is 10.8 Å². The maximum atomic E-state index is 12.3. The number of phenolic OH excluding ortho intramolecular Hbond substituents is 1. The van der Waals surface area contributed by atoms with Crippen molar-refractivity contribution in [2.24, 2.45) is 0 Å². The van der Waals surface area contributed by atoms with Gasteiger partial charge in [0.15, 0.2) is 0 Å². The summed E-state index contributed by atoms with van der Waals surface area (Å²) in [5.41, 5.74) is 1.57. The van der Waals surface area contributed by atoms with E-state index in [-0.39, 0.29) is 24.2 Å². The lowest BCUT2D eigenvalue weighted by molar-refractivity contribution is -0.574. The van der Waals surface area contributed by atoms with Crippen LogP contribution in [0.15, 0.2) is 60.8 Å². The minimum absolute atomic E-state index is 0. The molecule has 4 nitrogen and oxygen atoms in total. The van der Waals surface area contributed by atoms with Gasteiger partial charge in [0, 0.05) is 5.39 Å². The Morgan fingerprint density at radius 3 is 2.68 bits per heavy atom. The number of nitrogens with zero attached hydrogens (tertiary/aromatic N) is 1. The molecule has 0 unspecified atom stereocenters.